The van der Waals surface area contributed by atoms with Crippen LogP contribution in [-0.2, 0) is 4.74 Å². The molecule has 0 aromatic rings. The molecule has 0 aliphatic rings. The molecule has 62 valence electrons. The number of hydrogen-bond donors (Lipinski definition) is 2. The van der Waals surface area contributed by atoms with Crippen molar-refractivity contribution in [1.29, 1.82) is 0 Å². The van der Waals surface area contributed by atoms with E-state index in [1.54, 1.807) is 0 Å². The highest BCUT2D eigenvalue weighted by Crippen LogP contribution is 1.96. The van der Waals surface area contributed by atoms with Crippen LogP contribution in [0.25, 0.3) is 0 Å². The van der Waals surface area contributed by atoms with Gasteiger partial charge < -0.3 is 14.9 Å². The summed E-state index contributed by atoms with van der Waals surface area (Å²) in [6.45, 7) is 3.23. The van der Waals surface area contributed by atoms with Gasteiger partial charge in [-0.2, -0.15) is 0 Å². The van der Waals surface area contributed by atoms with Crippen LogP contribution in [0.1, 0.15) is 19.8 Å². The van der Waals surface area contributed by atoms with Crippen LogP contribution in [0.3, 0.4) is 0 Å². The van der Waals surface area contributed by atoms with Gasteiger partial charge in [0.2, 0.25) is 0 Å². The molecule has 1 atom stereocenters. The van der Waals surface area contributed by atoms with Crippen molar-refractivity contribution in [3.05, 3.63) is 0 Å². The van der Waals surface area contributed by atoms with Gasteiger partial charge in [0.15, 0.2) is 0 Å². The summed E-state index contributed by atoms with van der Waals surface area (Å²) in [7, 11) is 0. The molecule has 1 unspecified atom stereocenters. The van der Waals surface area contributed by atoms with E-state index in [1.165, 1.54) is 0 Å². The summed E-state index contributed by atoms with van der Waals surface area (Å²) in [5, 5.41) is 17.4. The number of hydrogen-bond acceptors (Lipinski definition) is 3. The number of ether oxygens (including phenoxy) is 1. The normalized spacial score (nSPS) is 13.5. The lowest BCUT2D eigenvalue weighted by molar-refractivity contribution is 0.0735. The van der Waals surface area contributed by atoms with Crippen molar-refractivity contribution in [3.8, 4) is 0 Å². The van der Waals surface area contributed by atoms with E-state index < -0.39 is 6.10 Å². The molecular formula is C7H16O3. The van der Waals surface area contributed by atoms with E-state index in [9.17, 15) is 0 Å². The van der Waals surface area contributed by atoms with E-state index in [0.29, 0.717) is 26.1 Å². The van der Waals surface area contributed by atoms with Crippen molar-refractivity contribution in [1.82, 2.24) is 0 Å². The van der Waals surface area contributed by atoms with E-state index in [4.69, 9.17) is 14.9 Å². The molecule has 0 saturated carbocycles. The third-order valence-corrected chi connectivity index (χ3v) is 1.26. The van der Waals surface area contributed by atoms with Crippen molar-refractivity contribution in [2.45, 2.75) is 25.9 Å². The third kappa shape index (κ3) is 6.01. The van der Waals surface area contributed by atoms with Crippen LogP contribution >= 0.6 is 0 Å². The van der Waals surface area contributed by atoms with Crippen molar-refractivity contribution < 1.29 is 14.9 Å². The summed E-state index contributed by atoms with van der Waals surface area (Å²) in [5.41, 5.74) is 0. The van der Waals surface area contributed by atoms with Gasteiger partial charge in [0, 0.05) is 19.8 Å². The molecule has 0 aromatic carbocycles. The molecule has 0 aromatic heterocycles. The smallest absolute Gasteiger partial charge is 0.0584 e. The van der Waals surface area contributed by atoms with Crippen molar-refractivity contribution in [3.63, 3.8) is 0 Å². The van der Waals surface area contributed by atoms with Gasteiger partial charge in [0.25, 0.3) is 0 Å². The zero-order chi connectivity index (χ0) is 7.82. The fourth-order valence-electron chi connectivity index (χ4n) is 0.657. The molecule has 0 spiro atoms. The average molecular weight is 148 g/mol. The lowest BCUT2D eigenvalue weighted by Gasteiger charge is -2.07. The molecule has 0 aliphatic heterocycles. The first-order chi connectivity index (χ1) is 4.81. The van der Waals surface area contributed by atoms with Gasteiger partial charge in [-0.15, -0.1) is 0 Å². The highest BCUT2D eigenvalue weighted by Gasteiger charge is 2.01. The molecule has 0 heterocycles. The molecule has 0 fully saturated rings. The summed E-state index contributed by atoms with van der Waals surface area (Å²) in [5.74, 6) is 0. The summed E-state index contributed by atoms with van der Waals surface area (Å²) in [6.07, 6.45) is 0.665. The predicted octanol–water partition coefficient (Wildman–Crippen LogP) is 0.156. The predicted molar refractivity (Wildman–Crippen MR) is 38.8 cm³/mol. The molecule has 0 aliphatic carbocycles. The molecular weight excluding hydrogens is 132 g/mol. The van der Waals surface area contributed by atoms with Crippen LogP contribution in [-0.4, -0.2) is 36.1 Å². The SMILES string of the molecule is CCOCCC(O)CCO. The minimum Gasteiger partial charge on any atom is -0.396 e. The van der Waals surface area contributed by atoms with Crippen LogP contribution < -0.4 is 0 Å². The van der Waals surface area contributed by atoms with Gasteiger partial charge in [-0.05, 0) is 19.8 Å². The van der Waals surface area contributed by atoms with Gasteiger partial charge >= 0.3 is 0 Å². The largest absolute Gasteiger partial charge is 0.396 e. The van der Waals surface area contributed by atoms with E-state index in [-0.39, 0.29) is 6.61 Å². The molecule has 0 radical (unpaired) electrons. The number of aliphatic hydroxyl groups excluding tert-OH is 2. The van der Waals surface area contributed by atoms with Gasteiger partial charge in [-0.25, -0.2) is 0 Å². The maximum atomic E-state index is 9.04. The van der Waals surface area contributed by atoms with Gasteiger partial charge in [-0.3, -0.25) is 0 Å². The van der Waals surface area contributed by atoms with Gasteiger partial charge in [-0.1, -0.05) is 0 Å². The summed E-state index contributed by atoms with van der Waals surface area (Å²) < 4.78 is 5.01. The highest BCUT2D eigenvalue weighted by atomic mass is 16.5. The Balaban J connectivity index is 2.97. The zero-order valence-corrected chi connectivity index (χ0v) is 6.42. The molecule has 0 rings (SSSR count). The van der Waals surface area contributed by atoms with Crippen LogP contribution in [0, 0.1) is 0 Å². The molecule has 0 saturated heterocycles. The maximum Gasteiger partial charge on any atom is 0.0584 e. The van der Waals surface area contributed by atoms with Crippen molar-refractivity contribution in [2.24, 2.45) is 0 Å². The van der Waals surface area contributed by atoms with Crippen molar-refractivity contribution in [2.75, 3.05) is 19.8 Å². The molecule has 0 bridgehead atoms. The van der Waals surface area contributed by atoms with E-state index >= 15 is 0 Å². The Hall–Kier alpha value is -0.120. The van der Waals surface area contributed by atoms with E-state index in [0.717, 1.165) is 0 Å². The molecule has 2 N–H and O–H groups in total. The molecule has 3 heteroatoms. The summed E-state index contributed by atoms with van der Waals surface area (Å²) in [4.78, 5) is 0. The monoisotopic (exact) mass is 148 g/mol. The Bertz CT molecular complexity index is 65.9. The Morgan fingerprint density at radius 3 is 2.60 bits per heavy atom. The molecule has 10 heavy (non-hydrogen) atoms. The summed E-state index contributed by atoms with van der Waals surface area (Å²) in [6, 6.07) is 0. The quantitative estimate of drug-likeness (QED) is 0.527. The van der Waals surface area contributed by atoms with Crippen LogP contribution in [0.5, 0.6) is 0 Å². The van der Waals surface area contributed by atoms with E-state index in [1.807, 2.05) is 6.92 Å². The zero-order valence-electron chi connectivity index (χ0n) is 6.42. The Morgan fingerprint density at radius 2 is 2.10 bits per heavy atom. The minimum absolute atomic E-state index is 0.0489. The Labute approximate surface area is 61.6 Å². The standard InChI is InChI=1S/C7H16O3/c1-2-10-6-4-7(9)3-5-8/h7-9H,2-6H2,1H3. The first kappa shape index (κ1) is 9.88. The Morgan fingerprint density at radius 1 is 1.40 bits per heavy atom. The molecule has 3 nitrogen and oxygen atoms in total. The second-order valence-corrected chi connectivity index (χ2v) is 2.15. The van der Waals surface area contributed by atoms with Gasteiger partial charge in [0.05, 0.1) is 6.10 Å². The number of aliphatic hydroxyl groups is 2. The lowest BCUT2D eigenvalue weighted by Crippen LogP contribution is -2.11. The highest BCUT2D eigenvalue weighted by molar-refractivity contribution is 4.52. The maximum absolute atomic E-state index is 9.04. The summed E-state index contributed by atoms with van der Waals surface area (Å²) >= 11 is 0. The average Bonchev–Trinajstić information content (AvgIpc) is 1.89. The Kier molecular flexibility index (Phi) is 6.91. The lowest BCUT2D eigenvalue weighted by atomic mass is 10.2. The third-order valence-electron chi connectivity index (χ3n) is 1.26. The van der Waals surface area contributed by atoms with Gasteiger partial charge in [0.1, 0.15) is 0 Å². The van der Waals surface area contributed by atoms with E-state index in [2.05, 4.69) is 0 Å². The fourth-order valence-corrected chi connectivity index (χ4v) is 0.657. The van der Waals surface area contributed by atoms with Crippen molar-refractivity contribution >= 4 is 0 Å². The first-order valence-corrected chi connectivity index (χ1v) is 3.68. The second-order valence-electron chi connectivity index (χ2n) is 2.15. The second kappa shape index (κ2) is 6.99. The first-order valence-electron chi connectivity index (χ1n) is 3.68. The van der Waals surface area contributed by atoms with Crippen LogP contribution in [0.15, 0.2) is 0 Å². The topological polar surface area (TPSA) is 49.7 Å². The minimum atomic E-state index is -0.406. The van der Waals surface area contributed by atoms with Crippen LogP contribution in [0.2, 0.25) is 0 Å². The molecule has 0 amide bonds. The fraction of sp³-hybridized carbons (Fsp3) is 1.00. The number of rotatable bonds is 6. The van der Waals surface area contributed by atoms with Crippen LogP contribution in [0.4, 0.5) is 0 Å².